The summed E-state index contributed by atoms with van der Waals surface area (Å²) in [5.41, 5.74) is 1.09. The summed E-state index contributed by atoms with van der Waals surface area (Å²) in [4.78, 5) is 14.1. The van der Waals surface area contributed by atoms with Gasteiger partial charge in [0.15, 0.2) is 0 Å². The summed E-state index contributed by atoms with van der Waals surface area (Å²) in [5, 5.41) is 4.01. The number of halogens is 1. The number of carbonyl (C=O) groups excluding carboxylic acids is 1. The molecule has 1 amide bonds. The summed E-state index contributed by atoms with van der Waals surface area (Å²) in [7, 11) is 0. The van der Waals surface area contributed by atoms with Gasteiger partial charge in [-0.15, -0.1) is 0 Å². The van der Waals surface area contributed by atoms with Gasteiger partial charge >= 0.3 is 0 Å². The summed E-state index contributed by atoms with van der Waals surface area (Å²) < 4.78 is 0. The smallest absolute Gasteiger partial charge is 0.238 e. The van der Waals surface area contributed by atoms with E-state index in [1.807, 2.05) is 29.2 Å². The number of benzene rings is 1. The van der Waals surface area contributed by atoms with Crippen molar-refractivity contribution >= 4 is 17.5 Å². The lowest BCUT2D eigenvalue weighted by atomic mass is 10.0. The predicted molar refractivity (Wildman–Crippen MR) is 82.6 cm³/mol. The highest BCUT2D eigenvalue weighted by Gasteiger charge is 2.34. The zero-order valence-electron chi connectivity index (χ0n) is 12.4. The van der Waals surface area contributed by atoms with Gasteiger partial charge in [0.1, 0.15) is 6.17 Å². The maximum Gasteiger partial charge on any atom is 0.238 e. The largest absolute Gasteiger partial charge is 0.319 e. The summed E-state index contributed by atoms with van der Waals surface area (Å²) in [5.74, 6) is 0.846. The third kappa shape index (κ3) is 3.53. The van der Waals surface area contributed by atoms with E-state index in [2.05, 4.69) is 26.1 Å². The van der Waals surface area contributed by atoms with Crippen molar-refractivity contribution in [3.63, 3.8) is 0 Å². The maximum atomic E-state index is 12.1. The van der Waals surface area contributed by atoms with Gasteiger partial charge in [-0.25, -0.2) is 0 Å². The van der Waals surface area contributed by atoms with Crippen LogP contribution in [-0.4, -0.2) is 23.4 Å². The lowest BCUT2D eigenvalue weighted by Crippen LogP contribution is -2.38. The number of hydrogen-bond donors (Lipinski definition) is 1. The van der Waals surface area contributed by atoms with Gasteiger partial charge in [-0.3, -0.25) is 10.1 Å². The van der Waals surface area contributed by atoms with Crippen molar-refractivity contribution in [2.75, 3.05) is 6.54 Å². The Bertz CT molecular complexity index is 458. The third-order valence-electron chi connectivity index (χ3n) is 3.84. The molecule has 0 spiro atoms. The Balaban J connectivity index is 2.11. The zero-order valence-corrected chi connectivity index (χ0v) is 13.2. The third-order valence-corrected chi connectivity index (χ3v) is 4.09. The molecule has 0 radical (unpaired) electrons. The second kappa shape index (κ2) is 6.59. The van der Waals surface area contributed by atoms with Crippen molar-refractivity contribution in [1.29, 1.82) is 0 Å². The number of nitrogens with zero attached hydrogens (tertiary/aromatic N) is 1. The molecule has 2 rings (SSSR count). The summed E-state index contributed by atoms with van der Waals surface area (Å²) in [6, 6.07) is 7.97. The number of amides is 1. The molecule has 1 N–H and O–H groups in total. The van der Waals surface area contributed by atoms with Crippen LogP contribution in [0, 0.1) is 5.92 Å². The Hall–Kier alpha value is -1.06. The van der Waals surface area contributed by atoms with Crippen LogP contribution in [0.5, 0.6) is 0 Å². The molecule has 3 nitrogen and oxygen atoms in total. The van der Waals surface area contributed by atoms with Crippen LogP contribution < -0.4 is 5.32 Å². The fraction of sp³-hybridized carbons (Fsp3) is 0.562. The van der Waals surface area contributed by atoms with E-state index in [1.165, 1.54) is 0 Å². The quantitative estimate of drug-likeness (QED) is 0.900. The van der Waals surface area contributed by atoms with E-state index in [9.17, 15) is 4.79 Å². The molecule has 0 bridgehead atoms. The minimum atomic E-state index is -0.0260. The van der Waals surface area contributed by atoms with Crippen molar-refractivity contribution in [2.45, 2.75) is 45.8 Å². The molecule has 2 atom stereocenters. The van der Waals surface area contributed by atoms with Gasteiger partial charge in [-0.05, 0) is 43.4 Å². The Labute approximate surface area is 126 Å². The van der Waals surface area contributed by atoms with E-state index in [4.69, 9.17) is 11.6 Å². The average molecular weight is 295 g/mol. The fourth-order valence-electron chi connectivity index (χ4n) is 2.66. The van der Waals surface area contributed by atoms with Gasteiger partial charge < -0.3 is 4.90 Å². The summed E-state index contributed by atoms with van der Waals surface area (Å²) in [6.45, 7) is 6.98. The van der Waals surface area contributed by atoms with Gasteiger partial charge in [0.2, 0.25) is 5.91 Å². The Morgan fingerprint density at radius 2 is 1.90 bits per heavy atom. The second-order valence-corrected chi connectivity index (χ2v) is 6.39. The van der Waals surface area contributed by atoms with Crippen molar-refractivity contribution in [1.82, 2.24) is 10.2 Å². The van der Waals surface area contributed by atoms with Crippen molar-refractivity contribution < 1.29 is 4.79 Å². The lowest BCUT2D eigenvalue weighted by Gasteiger charge is -2.31. The van der Waals surface area contributed by atoms with Crippen LogP contribution in [0.3, 0.4) is 0 Å². The maximum absolute atomic E-state index is 12.1. The molecule has 1 heterocycles. The van der Waals surface area contributed by atoms with Crippen LogP contribution >= 0.6 is 11.6 Å². The monoisotopic (exact) mass is 294 g/mol. The molecule has 4 heteroatoms. The molecule has 1 saturated heterocycles. The first-order valence-electron chi connectivity index (χ1n) is 7.29. The van der Waals surface area contributed by atoms with Crippen LogP contribution in [0.4, 0.5) is 0 Å². The van der Waals surface area contributed by atoms with E-state index in [0.29, 0.717) is 12.5 Å². The Morgan fingerprint density at radius 1 is 1.25 bits per heavy atom. The molecule has 1 aromatic rings. The molecule has 2 unspecified atom stereocenters. The van der Waals surface area contributed by atoms with Gasteiger partial charge in [0, 0.05) is 11.1 Å². The van der Waals surface area contributed by atoms with E-state index in [-0.39, 0.29) is 18.1 Å². The van der Waals surface area contributed by atoms with Crippen LogP contribution in [0.1, 0.15) is 45.3 Å². The van der Waals surface area contributed by atoms with E-state index >= 15 is 0 Å². The highest BCUT2D eigenvalue weighted by molar-refractivity contribution is 6.30. The molecule has 20 heavy (non-hydrogen) atoms. The lowest BCUT2D eigenvalue weighted by molar-refractivity contribution is -0.130. The molecule has 1 fully saturated rings. The topological polar surface area (TPSA) is 32.3 Å². The normalized spacial score (nSPS) is 20.8. The molecule has 1 aliphatic rings. The first kappa shape index (κ1) is 15.3. The standard InChI is InChI=1S/C16H23ClN2O/c1-11(2)4-5-12(3)19-15(20)10-18-16(19)13-6-8-14(17)9-7-13/h6-9,11-12,16,18H,4-5,10H2,1-3H3. The predicted octanol–water partition coefficient (Wildman–Crippen LogP) is 3.60. The molecule has 0 aromatic heterocycles. The number of nitrogens with one attached hydrogen (secondary N) is 1. The zero-order chi connectivity index (χ0) is 14.7. The van der Waals surface area contributed by atoms with E-state index in [0.717, 1.165) is 23.4 Å². The average Bonchev–Trinajstić information content (AvgIpc) is 2.79. The molecule has 1 aliphatic heterocycles. The molecule has 0 aliphatic carbocycles. The van der Waals surface area contributed by atoms with Crippen molar-refractivity contribution in [3.05, 3.63) is 34.9 Å². The highest BCUT2D eigenvalue weighted by Crippen LogP contribution is 2.27. The minimum Gasteiger partial charge on any atom is -0.319 e. The second-order valence-electron chi connectivity index (χ2n) is 5.96. The van der Waals surface area contributed by atoms with Crippen LogP contribution in [0.25, 0.3) is 0 Å². The SMILES string of the molecule is CC(C)CCC(C)N1C(=O)CNC1c1ccc(Cl)cc1. The molecule has 0 saturated carbocycles. The Morgan fingerprint density at radius 3 is 2.50 bits per heavy atom. The number of carbonyl (C=O) groups is 1. The minimum absolute atomic E-state index is 0.0260. The van der Waals surface area contributed by atoms with E-state index < -0.39 is 0 Å². The highest BCUT2D eigenvalue weighted by atomic mass is 35.5. The van der Waals surface area contributed by atoms with Crippen LogP contribution in [0.15, 0.2) is 24.3 Å². The first-order valence-corrected chi connectivity index (χ1v) is 7.67. The van der Waals surface area contributed by atoms with Gasteiger partial charge in [0.25, 0.3) is 0 Å². The van der Waals surface area contributed by atoms with Gasteiger partial charge in [-0.1, -0.05) is 37.6 Å². The van der Waals surface area contributed by atoms with Gasteiger partial charge in [0.05, 0.1) is 6.54 Å². The molecular formula is C16H23ClN2O. The van der Waals surface area contributed by atoms with Gasteiger partial charge in [-0.2, -0.15) is 0 Å². The van der Waals surface area contributed by atoms with Crippen LogP contribution in [-0.2, 0) is 4.79 Å². The Kier molecular flexibility index (Phi) is 5.06. The van der Waals surface area contributed by atoms with Crippen molar-refractivity contribution in [3.8, 4) is 0 Å². The summed E-state index contributed by atoms with van der Waals surface area (Å²) in [6.07, 6.45) is 2.15. The molecule has 110 valence electrons. The van der Waals surface area contributed by atoms with Crippen molar-refractivity contribution in [2.24, 2.45) is 5.92 Å². The first-order chi connectivity index (χ1) is 9.49. The van der Waals surface area contributed by atoms with E-state index in [1.54, 1.807) is 0 Å². The number of rotatable bonds is 5. The summed E-state index contributed by atoms with van der Waals surface area (Å²) >= 11 is 5.93. The molecule has 1 aromatic carbocycles. The number of hydrogen-bond acceptors (Lipinski definition) is 2. The fourth-order valence-corrected chi connectivity index (χ4v) is 2.78. The molecular weight excluding hydrogens is 272 g/mol. The van der Waals surface area contributed by atoms with Crippen LogP contribution in [0.2, 0.25) is 5.02 Å².